The molecule has 0 bridgehead atoms. The van der Waals surface area contributed by atoms with Crippen LogP contribution in [0.2, 0.25) is 0 Å². The zero-order valence-electron chi connectivity index (χ0n) is 14.3. The molecule has 4 N–H and O–H groups in total. The number of nitrogens with one attached hydrogen (secondary N) is 2. The molecular weight excluding hydrogens is 314 g/mol. The first-order valence-corrected chi connectivity index (χ1v) is 8.99. The maximum atomic E-state index is 6.08. The van der Waals surface area contributed by atoms with Gasteiger partial charge >= 0.3 is 0 Å². The number of nitrogen functional groups attached to an aromatic ring is 1. The fourth-order valence-corrected chi connectivity index (χ4v) is 3.61. The van der Waals surface area contributed by atoms with Gasteiger partial charge in [-0.25, -0.2) is 10.9 Å². The SMILES string of the molecule is Nc1cccc(C2CC(c3ccccc3OCC3CCCO3)NN2)c1. The highest BCUT2D eigenvalue weighted by molar-refractivity contribution is 5.42. The quantitative estimate of drug-likeness (QED) is 0.730. The third kappa shape index (κ3) is 3.79. The van der Waals surface area contributed by atoms with Gasteiger partial charge in [0.2, 0.25) is 0 Å². The van der Waals surface area contributed by atoms with Gasteiger partial charge in [-0.2, -0.15) is 0 Å². The van der Waals surface area contributed by atoms with Gasteiger partial charge in [0, 0.05) is 23.9 Å². The van der Waals surface area contributed by atoms with Gasteiger partial charge in [0.25, 0.3) is 0 Å². The van der Waals surface area contributed by atoms with Crippen molar-refractivity contribution in [3.8, 4) is 5.75 Å². The van der Waals surface area contributed by atoms with Crippen molar-refractivity contribution in [3.05, 3.63) is 59.7 Å². The number of anilines is 1. The third-order valence-corrected chi connectivity index (χ3v) is 4.96. The van der Waals surface area contributed by atoms with E-state index in [-0.39, 0.29) is 18.2 Å². The molecule has 0 saturated carbocycles. The molecule has 3 atom stereocenters. The predicted octanol–water partition coefficient (Wildman–Crippen LogP) is 3.11. The van der Waals surface area contributed by atoms with Crippen LogP contribution in [0.15, 0.2) is 48.5 Å². The van der Waals surface area contributed by atoms with Crippen molar-refractivity contribution < 1.29 is 9.47 Å². The molecule has 5 heteroatoms. The molecule has 25 heavy (non-hydrogen) atoms. The average Bonchev–Trinajstić information content (AvgIpc) is 3.32. The molecule has 2 heterocycles. The number of hydrazine groups is 1. The first-order chi connectivity index (χ1) is 12.3. The molecule has 5 nitrogen and oxygen atoms in total. The molecule has 2 aromatic carbocycles. The predicted molar refractivity (Wildman–Crippen MR) is 98.1 cm³/mol. The summed E-state index contributed by atoms with van der Waals surface area (Å²) in [5, 5.41) is 0. The topological polar surface area (TPSA) is 68.5 Å². The second-order valence-corrected chi connectivity index (χ2v) is 6.78. The third-order valence-electron chi connectivity index (χ3n) is 4.96. The lowest BCUT2D eigenvalue weighted by molar-refractivity contribution is 0.0674. The molecule has 2 aromatic rings. The molecule has 2 aliphatic rings. The van der Waals surface area contributed by atoms with E-state index in [1.54, 1.807) is 0 Å². The van der Waals surface area contributed by atoms with Crippen LogP contribution in [0.3, 0.4) is 0 Å². The summed E-state index contributed by atoms with van der Waals surface area (Å²) in [6.07, 6.45) is 3.39. The molecule has 0 spiro atoms. The maximum absolute atomic E-state index is 6.08. The minimum Gasteiger partial charge on any atom is -0.491 e. The summed E-state index contributed by atoms with van der Waals surface area (Å²) in [6.45, 7) is 1.47. The number of hydrogen-bond donors (Lipinski definition) is 3. The summed E-state index contributed by atoms with van der Waals surface area (Å²) >= 11 is 0. The smallest absolute Gasteiger partial charge is 0.124 e. The highest BCUT2D eigenvalue weighted by Gasteiger charge is 2.28. The Morgan fingerprint density at radius 1 is 1.08 bits per heavy atom. The number of ether oxygens (including phenoxy) is 2. The van der Waals surface area contributed by atoms with E-state index in [1.165, 1.54) is 11.1 Å². The maximum Gasteiger partial charge on any atom is 0.124 e. The zero-order chi connectivity index (χ0) is 17.1. The van der Waals surface area contributed by atoms with Crippen molar-refractivity contribution in [1.82, 2.24) is 10.9 Å². The Morgan fingerprint density at radius 3 is 2.80 bits per heavy atom. The number of nitrogens with two attached hydrogens (primary N) is 1. The van der Waals surface area contributed by atoms with Crippen molar-refractivity contribution in [1.29, 1.82) is 0 Å². The Labute approximate surface area is 148 Å². The Bertz CT molecular complexity index is 716. The zero-order valence-corrected chi connectivity index (χ0v) is 14.3. The summed E-state index contributed by atoms with van der Waals surface area (Å²) in [5.41, 5.74) is 15.9. The van der Waals surface area contributed by atoms with Crippen molar-refractivity contribution in [2.24, 2.45) is 0 Å². The van der Waals surface area contributed by atoms with Gasteiger partial charge in [-0.1, -0.05) is 30.3 Å². The fourth-order valence-electron chi connectivity index (χ4n) is 3.61. The molecule has 132 valence electrons. The second kappa shape index (κ2) is 7.44. The molecule has 2 aliphatic heterocycles. The van der Waals surface area contributed by atoms with Crippen molar-refractivity contribution in [3.63, 3.8) is 0 Å². The second-order valence-electron chi connectivity index (χ2n) is 6.78. The molecule has 0 radical (unpaired) electrons. The molecular formula is C20H25N3O2. The number of rotatable bonds is 5. The van der Waals surface area contributed by atoms with Crippen LogP contribution in [0.25, 0.3) is 0 Å². The summed E-state index contributed by atoms with van der Waals surface area (Å²) < 4.78 is 11.7. The van der Waals surface area contributed by atoms with Crippen LogP contribution in [0, 0.1) is 0 Å². The molecule has 2 saturated heterocycles. The van der Waals surface area contributed by atoms with E-state index in [0.717, 1.165) is 37.3 Å². The highest BCUT2D eigenvalue weighted by Crippen LogP contribution is 2.35. The number of benzene rings is 2. The normalized spacial score (nSPS) is 26.0. The van der Waals surface area contributed by atoms with Gasteiger partial charge in [0.15, 0.2) is 0 Å². The van der Waals surface area contributed by atoms with Crippen molar-refractivity contribution in [2.75, 3.05) is 18.9 Å². The van der Waals surface area contributed by atoms with E-state index < -0.39 is 0 Å². The summed E-state index contributed by atoms with van der Waals surface area (Å²) in [5.74, 6) is 0.936. The monoisotopic (exact) mass is 339 g/mol. The van der Waals surface area contributed by atoms with E-state index in [1.807, 2.05) is 30.3 Å². The summed E-state index contributed by atoms with van der Waals surface area (Å²) in [4.78, 5) is 0. The van der Waals surface area contributed by atoms with E-state index in [2.05, 4.69) is 29.1 Å². The highest BCUT2D eigenvalue weighted by atomic mass is 16.5. The Kier molecular flexibility index (Phi) is 4.88. The van der Waals surface area contributed by atoms with Crippen LogP contribution in [0.5, 0.6) is 5.75 Å². The minimum atomic E-state index is 0.201. The lowest BCUT2D eigenvalue weighted by atomic mass is 9.97. The molecule has 0 aliphatic carbocycles. The van der Waals surface area contributed by atoms with Crippen LogP contribution >= 0.6 is 0 Å². The van der Waals surface area contributed by atoms with Crippen LogP contribution in [-0.2, 0) is 4.74 Å². The summed E-state index contributed by atoms with van der Waals surface area (Å²) in [6, 6.07) is 16.7. The molecule has 0 amide bonds. The minimum absolute atomic E-state index is 0.201. The molecule has 2 fully saturated rings. The Balaban J connectivity index is 1.45. The van der Waals surface area contributed by atoms with Crippen molar-refractivity contribution in [2.45, 2.75) is 37.5 Å². The van der Waals surface area contributed by atoms with E-state index in [9.17, 15) is 0 Å². The van der Waals surface area contributed by atoms with Gasteiger partial charge < -0.3 is 15.2 Å². The molecule has 3 unspecified atom stereocenters. The lowest BCUT2D eigenvalue weighted by Crippen LogP contribution is -2.27. The van der Waals surface area contributed by atoms with Crippen LogP contribution < -0.4 is 21.3 Å². The van der Waals surface area contributed by atoms with E-state index >= 15 is 0 Å². The van der Waals surface area contributed by atoms with Gasteiger partial charge in [0.1, 0.15) is 12.4 Å². The Morgan fingerprint density at radius 2 is 1.96 bits per heavy atom. The first-order valence-electron chi connectivity index (χ1n) is 8.99. The van der Waals surface area contributed by atoms with E-state index in [0.29, 0.717) is 6.61 Å². The largest absolute Gasteiger partial charge is 0.491 e. The van der Waals surface area contributed by atoms with Crippen LogP contribution in [0.4, 0.5) is 5.69 Å². The van der Waals surface area contributed by atoms with Gasteiger partial charge in [-0.15, -0.1) is 0 Å². The van der Waals surface area contributed by atoms with Gasteiger partial charge in [-0.05, 0) is 43.0 Å². The molecule has 0 aromatic heterocycles. The van der Waals surface area contributed by atoms with Crippen LogP contribution in [-0.4, -0.2) is 19.3 Å². The average molecular weight is 339 g/mol. The molecule has 4 rings (SSSR count). The lowest BCUT2D eigenvalue weighted by Gasteiger charge is -2.18. The number of para-hydroxylation sites is 1. The van der Waals surface area contributed by atoms with Crippen LogP contribution in [0.1, 0.15) is 42.5 Å². The Hall–Kier alpha value is -2.08. The van der Waals surface area contributed by atoms with Gasteiger partial charge in [-0.3, -0.25) is 0 Å². The van der Waals surface area contributed by atoms with E-state index in [4.69, 9.17) is 15.2 Å². The standard InChI is InChI=1S/C20H25N3O2/c21-15-6-3-5-14(11-15)18-12-19(23-22-18)17-8-1-2-9-20(17)25-13-16-7-4-10-24-16/h1-3,5-6,8-9,11,16,18-19,22-23H,4,7,10,12-13,21H2. The van der Waals surface area contributed by atoms with Crippen molar-refractivity contribution >= 4 is 5.69 Å². The van der Waals surface area contributed by atoms with Gasteiger partial charge in [0.05, 0.1) is 12.1 Å². The number of hydrogen-bond acceptors (Lipinski definition) is 5. The fraction of sp³-hybridized carbons (Fsp3) is 0.400. The first kappa shape index (κ1) is 16.4. The summed E-state index contributed by atoms with van der Waals surface area (Å²) in [7, 11) is 0.